The second-order valence-electron chi connectivity index (χ2n) is 4.55. The Hall–Kier alpha value is -0.180. The number of hydrogen-bond donors (Lipinski definition) is 1. The van der Waals surface area contributed by atoms with Crippen LogP contribution in [0.4, 0.5) is 0 Å². The summed E-state index contributed by atoms with van der Waals surface area (Å²) in [5.74, 6) is 0.647. The molecule has 1 aromatic carbocycles. The van der Waals surface area contributed by atoms with Crippen LogP contribution in [0.1, 0.15) is 39.3 Å². The van der Waals surface area contributed by atoms with E-state index < -0.39 is 0 Å². The van der Waals surface area contributed by atoms with Gasteiger partial charge in [0.25, 0.3) is 0 Å². The molecule has 0 heterocycles. The highest BCUT2D eigenvalue weighted by molar-refractivity contribution is 8.00. The summed E-state index contributed by atoms with van der Waals surface area (Å²) in [6, 6.07) is 6.15. The van der Waals surface area contributed by atoms with Crippen molar-refractivity contribution >= 4 is 23.4 Å². The van der Waals surface area contributed by atoms with E-state index in [1.54, 1.807) is 0 Å². The third-order valence-corrected chi connectivity index (χ3v) is 4.68. The van der Waals surface area contributed by atoms with Crippen molar-refractivity contribution in [3.63, 3.8) is 0 Å². The zero-order valence-corrected chi connectivity index (χ0v) is 11.9. The van der Waals surface area contributed by atoms with Gasteiger partial charge in [0, 0.05) is 16.2 Å². The van der Waals surface area contributed by atoms with Gasteiger partial charge in [-0.2, -0.15) is 0 Å². The highest BCUT2D eigenvalue weighted by Gasteiger charge is 2.12. The first-order valence-electron chi connectivity index (χ1n) is 5.63. The number of thioether (sulfide) groups is 1. The van der Waals surface area contributed by atoms with Crippen LogP contribution < -0.4 is 5.73 Å². The molecule has 2 atom stereocenters. The Morgan fingerprint density at radius 2 is 1.81 bits per heavy atom. The van der Waals surface area contributed by atoms with E-state index in [4.69, 9.17) is 17.3 Å². The van der Waals surface area contributed by atoms with Crippen molar-refractivity contribution in [3.05, 3.63) is 28.8 Å². The van der Waals surface area contributed by atoms with E-state index in [0.717, 1.165) is 15.5 Å². The van der Waals surface area contributed by atoms with Crippen LogP contribution in [0.2, 0.25) is 5.02 Å². The van der Waals surface area contributed by atoms with Crippen molar-refractivity contribution in [2.24, 2.45) is 11.7 Å². The smallest absolute Gasteiger partial charge is 0.0545 e. The standard InChI is InChI=1S/C13H20ClNS/c1-8(2)10(4)16-13-6-5-11(9(3)15)7-12(13)14/h5-10H,15H2,1-4H3/t9-,10?/m1/s1. The van der Waals surface area contributed by atoms with Crippen LogP contribution in [0.15, 0.2) is 23.1 Å². The van der Waals surface area contributed by atoms with E-state index in [1.807, 2.05) is 24.8 Å². The summed E-state index contributed by atoms with van der Waals surface area (Å²) in [5, 5.41) is 1.38. The summed E-state index contributed by atoms with van der Waals surface area (Å²) in [4.78, 5) is 1.15. The van der Waals surface area contributed by atoms with Crippen molar-refractivity contribution in [1.29, 1.82) is 0 Å². The minimum Gasteiger partial charge on any atom is -0.324 e. The predicted molar refractivity (Wildman–Crippen MR) is 74.2 cm³/mol. The summed E-state index contributed by atoms with van der Waals surface area (Å²) in [5.41, 5.74) is 6.91. The fraction of sp³-hybridized carbons (Fsp3) is 0.538. The molecule has 0 spiro atoms. The van der Waals surface area contributed by atoms with E-state index in [-0.39, 0.29) is 6.04 Å². The molecule has 0 aromatic heterocycles. The Balaban J connectivity index is 2.83. The molecule has 0 fully saturated rings. The summed E-state index contributed by atoms with van der Waals surface area (Å²) < 4.78 is 0. The van der Waals surface area contributed by atoms with Gasteiger partial charge in [-0.25, -0.2) is 0 Å². The van der Waals surface area contributed by atoms with Crippen LogP contribution in [0.5, 0.6) is 0 Å². The summed E-state index contributed by atoms with van der Waals surface area (Å²) in [6.45, 7) is 8.64. The van der Waals surface area contributed by atoms with Crippen LogP contribution >= 0.6 is 23.4 Å². The molecular weight excluding hydrogens is 238 g/mol. The molecule has 0 radical (unpaired) electrons. The molecule has 16 heavy (non-hydrogen) atoms. The normalized spacial score (nSPS) is 15.2. The molecule has 0 aliphatic heterocycles. The Labute approximate surface area is 108 Å². The van der Waals surface area contributed by atoms with Gasteiger partial charge in [0.05, 0.1) is 5.02 Å². The number of halogens is 1. The fourth-order valence-corrected chi connectivity index (χ4v) is 2.55. The van der Waals surface area contributed by atoms with Gasteiger partial charge in [-0.1, -0.05) is 38.4 Å². The van der Waals surface area contributed by atoms with Gasteiger partial charge in [-0.15, -0.1) is 11.8 Å². The molecule has 1 unspecified atom stereocenters. The molecule has 1 nitrogen and oxygen atoms in total. The Morgan fingerprint density at radius 3 is 2.25 bits per heavy atom. The highest BCUT2D eigenvalue weighted by atomic mass is 35.5. The minimum absolute atomic E-state index is 0.0408. The van der Waals surface area contributed by atoms with Gasteiger partial charge in [0.15, 0.2) is 0 Å². The highest BCUT2D eigenvalue weighted by Crippen LogP contribution is 2.34. The van der Waals surface area contributed by atoms with E-state index in [0.29, 0.717) is 11.2 Å². The fourth-order valence-electron chi connectivity index (χ4n) is 1.23. The maximum absolute atomic E-state index is 6.25. The van der Waals surface area contributed by atoms with Gasteiger partial charge >= 0.3 is 0 Å². The second-order valence-corrected chi connectivity index (χ2v) is 6.37. The first-order valence-corrected chi connectivity index (χ1v) is 6.89. The first kappa shape index (κ1) is 13.9. The maximum Gasteiger partial charge on any atom is 0.0545 e. The predicted octanol–water partition coefficient (Wildman–Crippen LogP) is 4.50. The largest absolute Gasteiger partial charge is 0.324 e. The maximum atomic E-state index is 6.25. The summed E-state index contributed by atoms with van der Waals surface area (Å²) >= 11 is 8.07. The molecule has 0 amide bonds. The molecular formula is C13H20ClNS. The number of nitrogens with two attached hydrogens (primary N) is 1. The Kier molecular flexibility index (Phi) is 5.16. The number of rotatable bonds is 4. The topological polar surface area (TPSA) is 26.0 Å². The molecule has 90 valence electrons. The molecule has 2 N–H and O–H groups in total. The quantitative estimate of drug-likeness (QED) is 0.804. The van der Waals surface area contributed by atoms with Gasteiger partial charge in [-0.3, -0.25) is 0 Å². The van der Waals surface area contributed by atoms with Crippen molar-refractivity contribution in [3.8, 4) is 0 Å². The lowest BCUT2D eigenvalue weighted by atomic mass is 10.1. The van der Waals surface area contributed by atoms with Crippen molar-refractivity contribution in [2.75, 3.05) is 0 Å². The Morgan fingerprint density at radius 1 is 1.19 bits per heavy atom. The van der Waals surface area contributed by atoms with Crippen molar-refractivity contribution < 1.29 is 0 Å². The van der Waals surface area contributed by atoms with Gasteiger partial charge < -0.3 is 5.73 Å². The van der Waals surface area contributed by atoms with Crippen LogP contribution in [0, 0.1) is 5.92 Å². The zero-order chi connectivity index (χ0) is 12.3. The molecule has 1 rings (SSSR count). The lowest BCUT2D eigenvalue weighted by Crippen LogP contribution is -2.06. The number of hydrogen-bond acceptors (Lipinski definition) is 2. The first-order chi connectivity index (χ1) is 7.41. The van der Waals surface area contributed by atoms with Gasteiger partial charge in [-0.05, 0) is 30.5 Å². The molecule has 0 saturated carbocycles. The third-order valence-electron chi connectivity index (χ3n) is 2.73. The lowest BCUT2D eigenvalue weighted by molar-refractivity contribution is 0.642. The van der Waals surface area contributed by atoms with Crippen LogP contribution in [0.3, 0.4) is 0 Å². The molecule has 3 heteroatoms. The lowest BCUT2D eigenvalue weighted by Gasteiger charge is -2.16. The second kappa shape index (κ2) is 5.95. The Bertz CT molecular complexity index is 350. The van der Waals surface area contributed by atoms with Crippen molar-refractivity contribution in [1.82, 2.24) is 0 Å². The number of benzene rings is 1. The average molecular weight is 258 g/mol. The molecule has 0 saturated heterocycles. The minimum atomic E-state index is 0.0408. The summed E-state index contributed by atoms with van der Waals surface area (Å²) in [6.07, 6.45) is 0. The van der Waals surface area contributed by atoms with Gasteiger partial charge in [0.2, 0.25) is 0 Å². The van der Waals surface area contributed by atoms with Crippen molar-refractivity contribution in [2.45, 2.75) is 43.9 Å². The molecule has 1 aromatic rings. The van der Waals surface area contributed by atoms with Crippen LogP contribution in [0.25, 0.3) is 0 Å². The molecule has 0 aliphatic rings. The average Bonchev–Trinajstić information content (AvgIpc) is 2.20. The van der Waals surface area contributed by atoms with E-state index in [2.05, 4.69) is 32.9 Å². The SMILES string of the molecule is CC(C)C(C)Sc1ccc([C@@H](C)N)cc1Cl. The molecule has 0 aliphatic carbocycles. The van der Waals surface area contributed by atoms with Gasteiger partial charge in [0.1, 0.15) is 0 Å². The summed E-state index contributed by atoms with van der Waals surface area (Å²) in [7, 11) is 0. The zero-order valence-electron chi connectivity index (χ0n) is 10.3. The monoisotopic (exact) mass is 257 g/mol. The van der Waals surface area contributed by atoms with Crippen LogP contribution in [-0.4, -0.2) is 5.25 Å². The van der Waals surface area contributed by atoms with Crippen LogP contribution in [-0.2, 0) is 0 Å². The molecule has 0 bridgehead atoms. The van der Waals surface area contributed by atoms with E-state index in [1.165, 1.54) is 0 Å². The third kappa shape index (κ3) is 3.69. The van der Waals surface area contributed by atoms with E-state index in [9.17, 15) is 0 Å². The van der Waals surface area contributed by atoms with E-state index >= 15 is 0 Å².